The van der Waals surface area contributed by atoms with Crippen LogP contribution in [0.1, 0.15) is 42.1 Å². The number of nitrogens with zero attached hydrogens (tertiary/aromatic N) is 2. The molecule has 0 bridgehead atoms. The summed E-state index contributed by atoms with van der Waals surface area (Å²) in [5.74, 6) is -0.0123. The van der Waals surface area contributed by atoms with Crippen LogP contribution in [-0.4, -0.2) is 30.1 Å². The number of ketones is 1. The molecular weight excluding hydrogens is 240 g/mol. The van der Waals surface area contributed by atoms with Gasteiger partial charge >= 0.3 is 0 Å². The van der Waals surface area contributed by atoms with Crippen molar-refractivity contribution in [3.8, 4) is 6.07 Å². The predicted molar refractivity (Wildman–Crippen MR) is 73.2 cm³/mol. The summed E-state index contributed by atoms with van der Waals surface area (Å²) in [7, 11) is 0. The lowest BCUT2D eigenvalue weighted by molar-refractivity contribution is 0.101. The zero-order valence-corrected chi connectivity index (χ0v) is 11.1. The van der Waals surface area contributed by atoms with Crippen molar-refractivity contribution in [1.82, 2.24) is 0 Å². The molecule has 0 spiro atoms. The van der Waals surface area contributed by atoms with Gasteiger partial charge in [-0.15, -0.1) is 0 Å². The number of carbonyl (C=O) groups is 1. The summed E-state index contributed by atoms with van der Waals surface area (Å²) >= 11 is 0. The van der Waals surface area contributed by atoms with E-state index >= 15 is 0 Å². The zero-order chi connectivity index (χ0) is 13.8. The van der Waals surface area contributed by atoms with E-state index < -0.39 is 0 Å². The average molecular weight is 258 g/mol. The third kappa shape index (κ3) is 2.77. The standard InChI is InChI=1S/C15H18N2O2/c1-11(19)14-6-5-12(10-16)9-15(14)17(7-8-18)13-3-2-4-13/h5-6,9,13,18H,2-4,7-8H2,1H3. The summed E-state index contributed by atoms with van der Waals surface area (Å²) in [6.45, 7) is 2.08. The number of anilines is 1. The molecule has 0 radical (unpaired) electrons. The molecule has 0 atom stereocenters. The molecule has 19 heavy (non-hydrogen) atoms. The van der Waals surface area contributed by atoms with Crippen molar-refractivity contribution in [2.45, 2.75) is 32.2 Å². The SMILES string of the molecule is CC(=O)c1ccc(C#N)cc1N(CCO)C1CCC1. The highest BCUT2D eigenvalue weighted by molar-refractivity contribution is 6.00. The van der Waals surface area contributed by atoms with Gasteiger partial charge in [0, 0.05) is 23.8 Å². The molecule has 0 saturated heterocycles. The summed E-state index contributed by atoms with van der Waals surface area (Å²) in [4.78, 5) is 13.8. The maximum Gasteiger partial charge on any atom is 0.161 e. The van der Waals surface area contributed by atoms with Gasteiger partial charge in [-0.2, -0.15) is 5.26 Å². The third-order valence-corrected chi connectivity index (χ3v) is 3.67. The molecule has 1 aliphatic rings. The Morgan fingerprint density at radius 2 is 2.26 bits per heavy atom. The van der Waals surface area contributed by atoms with E-state index in [0.717, 1.165) is 18.5 Å². The predicted octanol–water partition coefficient (Wildman–Crippen LogP) is 2.11. The molecule has 1 N–H and O–H groups in total. The van der Waals surface area contributed by atoms with Gasteiger partial charge in [-0.25, -0.2) is 0 Å². The van der Waals surface area contributed by atoms with Crippen molar-refractivity contribution in [1.29, 1.82) is 5.26 Å². The first-order valence-corrected chi connectivity index (χ1v) is 6.60. The molecule has 0 aliphatic heterocycles. The second-order valence-corrected chi connectivity index (χ2v) is 4.90. The quantitative estimate of drug-likeness (QED) is 0.822. The fourth-order valence-electron chi connectivity index (χ4n) is 2.44. The van der Waals surface area contributed by atoms with Gasteiger partial charge < -0.3 is 10.0 Å². The Balaban J connectivity index is 2.43. The number of Topliss-reactive ketones (excluding diaryl/α,β-unsaturated/α-hetero) is 1. The number of rotatable bonds is 5. The number of hydrogen-bond acceptors (Lipinski definition) is 4. The highest BCUT2D eigenvalue weighted by atomic mass is 16.3. The van der Waals surface area contributed by atoms with Gasteiger partial charge in [0.05, 0.1) is 18.2 Å². The lowest BCUT2D eigenvalue weighted by Gasteiger charge is -2.39. The Bertz CT molecular complexity index is 515. The van der Waals surface area contributed by atoms with Gasteiger partial charge in [0.15, 0.2) is 5.78 Å². The molecular formula is C15H18N2O2. The van der Waals surface area contributed by atoms with Crippen LogP contribution in [0.5, 0.6) is 0 Å². The van der Waals surface area contributed by atoms with Crippen LogP contribution in [0.3, 0.4) is 0 Å². The van der Waals surface area contributed by atoms with E-state index in [4.69, 9.17) is 5.26 Å². The first-order valence-electron chi connectivity index (χ1n) is 6.60. The van der Waals surface area contributed by atoms with E-state index in [-0.39, 0.29) is 12.4 Å². The molecule has 4 nitrogen and oxygen atoms in total. The molecule has 1 saturated carbocycles. The maximum absolute atomic E-state index is 11.7. The van der Waals surface area contributed by atoms with E-state index in [0.29, 0.717) is 23.7 Å². The van der Waals surface area contributed by atoms with Gasteiger partial charge in [-0.3, -0.25) is 4.79 Å². The van der Waals surface area contributed by atoms with E-state index in [2.05, 4.69) is 11.0 Å². The summed E-state index contributed by atoms with van der Waals surface area (Å²) in [6, 6.07) is 7.61. The molecule has 100 valence electrons. The van der Waals surface area contributed by atoms with Crippen LogP contribution in [-0.2, 0) is 0 Å². The van der Waals surface area contributed by atoms with Crippen LogP contribution in [0.2, 0.25) is 0 Å². The van der Waals surface area contributed by atoms with Crippen molar-refractivity contribution in [3.63, 3.8) is 0 Å². The molecule has 4 heteroatoms. The fraction of sp³-hybridized carbons (Fsp3) is 0.467. The molecule has 0 amide bonds. The van der Waals surface area contributed by atoms with Gasteiger partial charge in [0.25, 0.3) is 0 Å². The Morgan fingerprint density at radius 3 is 2.74 bits per heavy atom. The zero-order valence-electron chi connectivity index (χ0n) is 11.1. The van der Waals surface area contributed by atoms with Crippen LogP contribution in [0.25, 0.3) is 0 Å². The summed E-state index contributed by atoms with van der Waals surface area (Å²) in [6.07, 6.45) is 3.34. The van der Waals surface area contributed by atoms with Crippen molar-refractivity contribution >= 4 is 11.5 Å². The minimum atomic E-state index is -0.0123. The van der Waals surface area contributed by atoms with Gasteiger partial charge in [0.2, 0.25) is 0 Å². The second-order valence-electron chi connectivity index (χ2n) is 4.90. The van der Waals surface area contributed by atoms with E-state index in [1.54, 1.807) is 18.2 Å². The average Bonchev–Trinajstić information content (AvgIpc) is 2.35. The third-order valence-electron chi connectivity index (χ3n) is 3.67. The number of benzene rings is 1. The van der Waals surface area contributed by atoms with Gasteiger partial charge in [-0.1, -0.05) is 0 Å². The van der Waals surface area contributed by atoms with Crippen molar-refractivity contribution < 1.29 is 9.90 Å². The lowest BCUT2D eigenvalue weighted by Crippen LogP contribution is -2.42. The largest absolute Gasteiger partial charge is 0.395 e. The smallest absolute Gasteiger partial charge is 0.161 e. The highest BCUT2D eigenvalue weighted by Gasteiger charge is 2.27. The van der Waals surface area contributed by atoms with Crippen LogP contribution < -0.4 is 4.90 Å². The van der Waals surface area contributed by atoms with E-state index in [1.807, 2.05) is 0 Å². The molecule has 1 fully saturated rings. The van der Waals surface area contributed by atoms with Crippen LogP contribution in [0, 0.1) is 11.3 Å². The first kappa shape index (κ1) is 13.6. The van der Waals surface area contributed by atoms with Crippen molar-refractivity contribution in [2.75, 3.05) is 18.1 Å². The Morgan fingerprint density at radius 1 is 1.53 bits per heavy atom. The van der Waals surface area contributed by atoms with Crippen LogP contribution >= 0.6 is 0 Å². The molecule has 0 unspecified atom stereocenters. The Labute approximate surface area is 113 Å². The monoisotopic (exact) mass is 258 g/mol. The molecule has 1 aromatic carbocycles. The maximum atomic E-state index is 11.7. The second kappa shape index (κ2) is 5.85. The van der Waals surface area contributed by atoms with Gasteiger partial charge in [-0.05, 0) is 44.4 Å². The number of hydrogen-bond donors (Lipinski definition) is 1. The van der Waals surface area contributed by atoms with Crippen molar-refractivity contribution in [2.24, 2.45) is 0 Å². The summed E-state index contributed by atoms with van der Waals surface area (Å²) < 4.78 is 0. The topological polar surface area (TPSA) is 64.3 Å². The van der Waals surface area contributed by atoms with Crippen LogP contribution in [0.15, 0.2) is 18.2 Å². The summed E-state index contributed by atoms with van der Waals surface area (Å²) in [5, 5.41) is 18.2. The van der Waals surface area contributed by atoms with E-state index in [1.165, 1.54) is 13.3 Å². The van der Waals surface area contributed by atoms with E-state index in [9.17, 15) is 9.90 Å². The number of aliphatic hydroxyl groups is 1. The molecule has 1 aliphatic carbocycles. The Kier molecular flexibility index (Phi) is 4.18. The normalized spacial score (nSPS) is 14.6. The fourth-order valence-corrected chi connectivity index (χ4v) is 2.44. The molecule has 2 rings (SSSR count). The molecule has 1 aromatic rings. The minimum absolute atomic E-state index is 0.0123. The minimum Gasteiger partial charge on any atom is -0.395 e. The lowest BCUT2D eigenvalue weighted by atomic mass is 9.90. The highest BCUT2D eigenvalue weighted by Crippen LogP contribution is 2.32. The van der Waals surface area contributed by atoms with Gasteiger partial charge in [0.1, 0.15) is 0 Å². The van der Waals surface area contributed by atoms with Crippen molar-refractivity contribution in [3.05, 3.63) is 29.3 Å². The first-order chi connectivity index (χ1) is 9.17. The number of carbonyl (C=O) groups excluding carboxylic acids is 1. The van der Waals surface area contributed by atoms with Crippen LogP contribution in [0.4, 0.5) is 5.69 Å². The number of aliphatic hydroxyl groups excluding tert-OH is 1. The molecule has 0 heterocycles. The Hall–Kier alpha value is -1.86. The summed E-state index contributed by atoms with van der Waals surface area (Å²) in [5.41, 5.74) is 1.95. The molecule has 0 aromatic heterocycles. The number of nitriles is 1.